The summed E-state index contributed by atoms with van der Waals surface area (Å²) in [5.74, 6) is 1.19. The van der Waals surface area contributed by atoms with Gasteiger partial charge in [0.05, 0.1) is 13.7 Å². The maximum absolute atomic E-state index is 10.7. The van der Waals surface area contributed by atoms with Crippen LogP contribution in [0.2, 0.25) is 0 Å². The Morgan fingerprint density at radius 3 is 2.68 bits per heavy atom. The molecule has 1 aromatic carbocycles. The predicted molar refractivity (Wildman–Crippen MR) is 75.6 cm³/mol. The van der Waals surface area contributed by atoms with Crippen molar-refractivity contribution in [1.29, 1.82) is 0 Å². The zero-order valence-electron chi connectivity index (χ0n) is 11.8. The highest BCUT2D eigenvalue weighted by atomic mass is 16.5. The summed E-state index contributed by atoms with van der Waals surface area (Å²) < 4.78 is 10.9. The van der Waals surface area contributed by atoms with E-state index >= 15 is 0 Å². The molecule has 3 N–H and O–H groups in total. The van der Waals surface area contributed by atoms with Gasteiger partial charge in [0.15, 0.2) is 11.5 Å². The summed E-state index contributed by atoms with van der Waals surface area (Å²) in [7, 11) is 1.60. The topological polar surface area (TPSA) is 73.6 Å². The number of benzene rings is 1. The minimum atomic E-state index is -0.0756. The van der Waals surface area contributed by atoms with Crippen LogP contribution in [0.25, 0.3) is 0 Å². The minimum absolute atomic E-state index is 0.0756. The number of hydrogen-bond acceptors (Lipinski definition) is 4. The second-order valence-electron chi connectivity index (χ2n) is 4.28. The summed E-state index contributed by atoms with van der Waals surface area (Å²) in [6.45, 7) is 4.40. The molecule has 0 spiro atoms. The number of nitrogens with two attached hydrogens (primary N) is 1. The van der Waals surface area contributed by atoms with Gasteiger partial charge in [-0.2, -0.15) is 0 Å². The normalized spacial score (nSPS) is 10.1. The van der Waals surface area contributed by atoms with Crippen LogP contribution in [0, 0.1) is 0 Å². The average Bonchev–Trinajstić information content (AvgIpc) is 2.37. The number of nitrogen functional groups attached to an aromatic ring is 1. The van der Waals surface area contributed by atoms with Crippen molar-refractivity contribution in [1.82, 2.24) is 5.32 Å². The number of amides is 1. The van der Waals surface area contributed by atoms with Crippen LogP contribution >= 0.6 is 0 Å². The smallest absolute Gasteiger partial charge is 0.216 e. The number of nitrogens with one attached hydrogen (secondary N) is 1. The Kier molecular flexibility index (Phi) is 5.99. The van der Waals surface area contributed by atoms with Crippen molar-refractivity contribution < 1.29 is 14.3 Å². The van der Waals surface area contributed by atoms with Gasteiger partial charge in [-0.15, -0.1) is 0 Å². The van der Waals surface area contributed by atoms with E-state index in [1.807, 2.05) is 6.07 Å². The van der Waals surface area contributed by atoms with Crippen molar-refractivity contribution in [3.8, 4) is 11.5 Å². The number of rotatable bonds is 7. The molecule has 5 nitrogen and oxygen atoms in total. The Balaban J connectivity index is 2.71. The van der Waals surface area contributed by atoms with Crippen molar-refractivity contribution in [2.45, 2.75) is 26.7 Å². The first kappa shape index (κ1) is 15.1. The molecule has 0 aliphatic carbocycles. The van der Waals surface area contributed by atoms with Gasteiger partial charge in [-0.1, -0.05) is 13.3 Å². The molecule has 0 fully saturated rings. The van der Waals surface area contributed by atoms with Crippen LogP contribution in [0.3, 0.4) is 0 Å². The van der Waals surface area contributed by atoms with Gasteiger partial charge in [0, 0.05) is 18.7 Å². The molecule has 0 saturated heterocycles. The monoisotopic (exact) mass is 266 g/mol. The summed E-state index contributed by atoms with van der Waals surface area (Å²) >= 11 is 0. The molecule has 106 valence electrons. The van der Waals surface area contributed by atoms with E-state index in [2.05, 4.69) is 12.2 Å². The average molecular weight is 266 g/mol. The van der Waals surface area contributed by atoms with Gasteiger partial charge in [-0.05, 0) is 18.1 Å². The van der Waals surface area contributed by atoms with E-state index in [1.165, 1.54) is 6.92 Å². The molecule has 1 rings (SSSR count). The lowest BCUT2D eigenvalue weighted by molar-refractivity contribution is -0.119. The highest BCUT2D eigenvalue weighted by Gasteiger charge is 2.09. The van der Waals surface area contributed by atoms with E-state index in [4.69, 9.17) is 15.2 Å². The van der Waals surface area contributed by atoms with Crippen LogP contribution < -0.4 is 20.5 Å². The Morgan fingerprint density at radius 1 is 1.37 bits per heavy atom. The second-order valence-corrected chi connectivity index (χ2v) is 4.28. The van der Waals surface area contributed by atoms with E-state index < -0.39 is 0 Å². The van der Waals surface area contributed by atoms with Crippen molar-refractivity contribution >= 4 is 11.6 Å². The van der Waals surface area contributed by atoms with Crippen LogP contribution in [-0.4, -0.2) is 26.2 Å². The quantitative estimate of drug-likeness (QED) is 0.582. The van der Waals surface area contributed by atoms with E-state index in [-0.39, 0.29) is 5.91 Å². The molecule has 0 saturated carbocycles. The van der Waals surface area contributed by atoms with Crippen molar-refractivity contribution in [3.63, 3.8) is 0 Å². The Hall–Kier alpha value is -1.91. The van der Waals surface area contributed by atoms with Crippen LogP contribution in [0.15, 0.2) is 12.1 Å². The standard InChI is InChI=1S/C14H22N2O3/c1-4-5-11-8-13(18-3)14(9-12(11)15)19-7-6-16-10(2)17/h8-9H,4-7,15H2,1-3H3,(H,16,17). The van der Waals surface area contributed by atoms with E-state index in [9.17, 15) is 4.79 Å². The number of carbonyl (C=O) groups is 1. The lowest BCUT2D eigenvalue weighted by atomic mass is 10.1. The molecule has 0 aliphatic rings. The highest BCUT2D eigenvalue weighted by Crippen LogP contribution is 2.32. The first-order valence-electron chi connectivity index (χ1n) is 6.42. The molecule has 0 aromatic heterocycles. The molecular formula is C14H22N2O3. The van der Waals surface area contributed by atoms with E-state index in [0.717, 1.165) is 18.4 Å². The van der Waals surface area contributed by atoms with Crippen molar-refractivity contribution in [3.05, 3.63) is 17.7 Å². The van der Waals surface area contributed by atoms with Crippen LogP contribution in [0.5, 0.6) is 11.5 Å². The van der Waals surface area contributed by atoms with E-state index in [0.29, 0.717) is 30.3 Å². The third kappa shape index (κ3) is 4.69. The summed E-state index contributed by atoms with van der Waals surface area (Å²) in [6.07, 6.45) is 1.93. The summed E-state index contributed by atoms with van der Waals surface area (Å²) in [6, 6.07) is 3.68. The third-order valence-corrected chi connectivity index (χ3v) is 2.68. The molecule has 5 heteroatoms. The molecule has 0 unspecified atom stereocenters. The molecule has 0 aliphatic heterocycles. The zero-order chi connectivity index (χ0) is 14.3. The first-order chi connectivity index (χ1) is 9.08. The third-order valence-electron chi connectivity index (χ3n) is 2.68. The van der Waals surface area contributed by atoms with Gasteiger partial charge in [0.1, 0.15) is 6.61 Å². The lowest BCUT2D eigenvalue weighted by Gasteiger charge is -2.14. The number of methoxy groups -OCH3 is 1. The number of anilines is 1. The van der Waals surface area contributed by atoms with Crippen LogP contribution in [-0.2, 0) is 11.2 Å². The minimum Gasteiger partial charge on any atom is -0.493 e. The Bertz CT molecular complexity index is 433. The molecular weight excluding hydrogens is 244 g/mol. The molecule has 0 bridgehead atoms. The fraction of sp³-hybridized carbons (Fsp3) is 0.500. The molecule has 0 heterocycles. The number of carbonyl (C=O) groups excluding carboxylic acids is 1. The maximum atomic E-state index is 10.7. The summed E-state index contributed by atoms with van der Waals surface area (Å²) in [5, 5.41) is 2.66. The lowest BCUT2D eigenvalue weighted by Crippen LogP contribution is -2.25. The predicted octanol–water partition coefficient (Wildman–Crippen LogP) is 1.74. The number of ether oxygens (including phenoxy) is 2. The van der Waals surface area contributed by atoms with Gasteiger partial charge in [0.2, 0.25) is 5.91 Å². The molecule has 0 radical (unpaired) electrons. The zero-order valence-corrected chi connectivity index (χ0v) is 11.8. The molecule has 1 aromatic rings. The van der Waals surface area contributed by atoms with Gasteiger partial charge in [-0.25, -0.2) is 0 Å². The summed E-state index contributed by atoms with van der Waals surface area (Å²) in [4.78, 5) is 10.7. The maximum Gasteiger partial charge on any atom is 0.216 e. The van der Waals surface area contributed by atoms with Gasteiger partial charge < -0.3 is 20.5 Å². The number of aryl methyl sites for hydroxylation is 1. The SMILES string of the molecule is CCCc1cc(OC)c(OCCNC(C)=O)cc1N. The van der Waals surface area contributed by atoms with Crippen molar-refractivity contribution in [2.24, 2.45) is 0 Å². The Labute approximate surface area is 114 Å². The van der Waals surface area contributed by atoms with Gasteiger partial charge >= 0.3 is 0 Å². The van der Waals surface area contributed by atoms with Crippen LogP contribution in [0.1, 0.15) is 25.8 Å². The summed E-state index contributed by atoms with van der Waals surface area (Å²) in [5.41, 5.74) is 7.75. The molecule has 0 atom stereocenters. The van der Waals surface area contributed by atoms with Gasteiger partial charge in [0.25, 0.3) is 0 Å². The van der Waals surface area contributed by atoms with Crippen LogP contribution in [0.4, 0.5) is 5.69 Å². The highest BCUT2D eigenvalue weighted by molar-refractivity contribution is 5.72. The largest absolute Gasteiger partial charge is 0.493 e. The Morgan fingerprint density at radius 2 is 2.11 bits per heavy atom. The second kappa shape index (κ2) is 7.51. The van der Waals surface area contributed by atoms with E-state index in [1.54, 1.807) is 13.2 Å². The molecule has 1 amide bonds. The first-order valence-corrected chi connectivity index (χ1v) is 6.42. The fourth-order valence-corrected chi connectivity index (χ4v) is 1.76. The van der Waals surface area contributed by atoms with Gasteiger partial charge in [-0.3, -0.25) is 4.79 Å². The fourth-order valence-electron chi connectivity index (χ4n) is 1.76. The molecule has 19 heavy (non-hydrogen) atoms. The van der Waals surface area contributed by atoms with Crippen molar-refractivity contribution in [2.75, 3.05) is 26.0 Å². The number of hydrogen-bond donors (Lipinski definition) is 2.